The summed E-state index contributed by atoms with van der Waals surface area (Å²) in [7, 11) is 0. The van der Waals surface area contributed by atoms with E-state index in [1.54, 1.807) is 0 Å². The van der Waals surface area contributed by atoms with Gasteiger partial charge in [-0.2, -0.15) is 0 Å². The van der Waals surface area contributed by atoms with Crippen LogP contribution in [0.3, 0.4) is 0 Å². The van der Waals surface area contributed by atoms with Crippen LogP contribution >= 0.6 is 0 Å². The second kappa shape index (κ2) is 16.0. The van der Waals surface area contributed by atoms with Gasteiger partial charge in [-0.1, -0.05) is 13.8 Å². The number of primary amides is 2. The highest BCUT2D eigenvalue weighted by molar-refractivity contribution is 5.94. The van der Waals surface area contributed by atoms with Crippen LogP contribution in [0.4, 0.5) is 0 Å². The number of aliphatic carboxylic acids is 2. The molecule has 0 aliphatic rings. The lowest BCUT2D eigenvalue weighted by atomic mass is 10.0. The van der Waals surface area contributed by atoms with E-state index in [1.165, 1.54) is 0 Å². The molecule has 0 radical (unpaired) electrons. The Balaban J connectivity index is 5.64. The van der Waals surface area contributed by atoms with E-state index in [0.29, 0.717) is 6.42 Å². The lowest BCUT2D eigenvalue weighted by Crippen LogP contribution is -2.57. The van der Waals surface area contributed by atoms with Gasteiger partial charge in [0.2, 0.25) is 29.5 Å². The number of nitrogens with two attached hydrogens (primary N) is 3. The molecular weight excluding hydrogens is 480 g/mol. The average molecular weight is 517 g/mol. The molecule has 0 aliphatic carbocycles. The van der Waals surface area contributed by atoms with Crippen LogP contribution < -0.4 is 33.2 Å². The van der Waals surface area contributed by atoms with Gasteiger partial charge in [0.1, 0.15) is 18.1 Å². The Morgan fingerprint density at radius 3 is 1.42 bits per heavy atom. The number of hydrogen-bond acceptors (Lipinski definition) is 8. The fourth-order valence-corrected chi connectivity index (χ4v) is 3.07. The molecule has 4 atom stereocenters. The van der Waals surface area contributed by atoms with Crippen molar-refractivity contribution in [1.82, 2.24) is 16.0 Å². The molecule has 36 heavy (non-hydrogen) atoms. The van der Waals surface area contributed by atoms with Crippen molar-refractivity contribution < 1.29 is 43.8 Å². The van der Waals surface area contributed by atoms with Gasteiger partial charge < -0.3 is 43.4 Å². The minimum atomic E-state index is -1.58. The number of carboxylic acid groups (broad SMARTS) is 2. The van der Waals surface area contributed by atoms with E-state index in [-0.39, 0.29) is 31.6 Å². The minimum Gasteiger partial charge on any atom is -0.481 e. The van der Waals surface area contributed by atoms with E-state index < -0.39 is 78.5 Å². The smallest absolute Gasteiger partial charge is 0.326 e. The lowest BCUT2D eigenvalue weighted by molar-refractivity contribution is -0.143. The molecule has 0 saturated heterocycles. The van der Waals surface area contributed by atoms with E-state index in [4.69, 9.17) is 22.3 Å². The second-order valence-corrected chi connectivity index (χ2v) is 8.70. The third-order valence-electron chi connectivity index (χ3n) is 4.95. The van der Waals surface area contributed by atoms with Crippen molar-refractivity contribution in [3.8, 4) is 0 Å². The molecule has 204 valence electrons. The summed E-state index contributed by atoms with van der Waals surface area (Å²) >= 11 is 0. The fourth-order valence-electron chi connectivity index (χ4n) is 3.07. The molecule has 0 bridgehead atoms. The van der Waals surface area contributed by atoms with E-state index >= 15 is 0 Å². The molecule has 0 aromatic heterocycles. The Bertz CT molecular complexity index is 833. The normalized spacial score (nSPS) is 14.1. The lowest BCUT2D eigenvalue weighted by Gasteiger charge is -2.25. The molecule has 0 rings (SSSR count). The zero-order chi connectivity index (χ0) is 28.0. The molecule has 0 heterocycles. The molecule has 0 aliphatic heterocycles. The van der Waals surface area contributed by atoms with Gasteiger partial charge in [-0.3, -0.25) is 28.8 Å². The third kappa shape index (κ3) is 13.8. The highest BCUT2D eigenvalue weighted by Gasteiger charge is 2.31. The summed E-state index contributed by atoms with van der Waals surface area (Å²) in [6, 6.07) is -5.32. The summed E-state index contributed by atoms with van der Waals surface area (Å²) in [5, 5.41) is 24.9. The van der Waals surface area contributed by atoms with Crippen molar-refractivity contribution in [1.29, 1.82) is 0 Å². The van der Waals surface area contributed by atoms with Crippen LogP contribution in [-0.4, -0.2) is 75.9 Å². The number of nitrogens with one attached hydrogen (secondary N) is 3. The van der Waals surface area contributed by atoms with Gasteiger partial charge in [0.25, 0.3) is 0 Å². The van der Waals surface area contributed by atoms with Crippen LogP contribution in [-0.2, 0) is 33.6 Å². The van der Waals surface area contributed by atoms with Gasteiger partial charge in [-0.15, -0.1) is 0 Å². The first-order valence-electron chi connectivity index (χ1n) is 11.3. The molecule has 0 spiro atoms. The zero-order valence-electron chi connectivity index (χ0n) is 20.3. The first kappa shape index (κ1) is 32.2. The Kier molecular flexibility index (Phi) is 14.4. The number of carbonyl (C=O) groups excluding carboxylic acids is 5. The minimum absolute atomic E-state index is 0.0776. The van der Waals surface area contributed by atoms with Crippen LogP contribution in [0.25, 0.3) is 0 Å². The van der Waals surface area contributed by atoms with Gasteiger partial charge in [0, 0.05) is 19.3 Å². The number of hydrogen-bond donors (Lipinski definition) is 8. The zero-order valence-corrected chi connectivity index (χ0v) is 20.3. The van der Waals surface area contributed by atoms with Crippen LogP contribution in [0.5, 0.6) is 0 Å². The highest BCUT2D eigenvalue weighted by Crippen LogP contribution is 2.07. The molecule has 0 aromatic rings. The monoisotopic (exact) mass is 516 g/mol. The highest BCUT2D eigenvalue weighted by atomic mass is 16.4. The van der Waals surface area contributed by atoms with Crippen molar-refractivity contribution in [2.45, 2.75) is 83.0 Å². The van der Waals surface area contributed by atoms with Crippen LogP contribution in [0.2, 0.25) is 0 Å². The maximum absolute atomic E-state index is 12.9. The molecule has 0 fully saturated rings. The van der Waals surface area contributed by atoms with Crippen molar-refractivity contribution >= 4 is 41.5 Å². The van der Waals surface area contributed by atoms with Gasteiger partial charge >= 0.3 is 11.9 Å². The first-order valence-corrected chi connectivity index (χ1v) is 11.3. The van der Waals surface area contributed by atoms with E-state index in [1.807, 2.05) is 13.8 Å². The Labute approximate surface area is 207 Å². The molecule has 4 unspecified atom stereocenters. The van der Waals surface area contributed by atoms with E-state index in [9.17, 15) is 38.7 Å². The van der Waals surface area contributed by atoms with Gasteiger partial charge in [-0.25, -0.2) is 4.79 Å². The first-order chi connectivity index (χ1) is 16.6. The summed E-state index contributed by atoms with van der Waals surface area (Å²) in [6.07, 6.45) is -1.85. The number of carboxylic acids is 2. The summed E-state index contributed by atoms with van der Waals surface area (Å²) in [6.45, 7) is 3.68. The van der Waals surface area contributed by atoms with Gasteiger partial charge in [0.05, 0.1) is 6.04 Å². The maximum atomic E-state index is 12.9. The van der Waals surface area contributed by atoms with Gasteiger partial charge in [-0.05, 0) is 31.6 Å². The van der Waals surface area contributed by atoms with Crippen molar-refractivity contribution in [2.75, 3.05) is 0 Å². The van der Waals surface area contributed by atoms with Crippen molar-refractivity contribution in [2.24, 2.45) is 23.1 Å². The number of amides is 5. The molecule has 5 amide bonds. The molecule has 15 nitrogen and oxygen atoms in total. The molecule has 11 N–H and O–H groups in total. The summed E-state index contributed by atoms with van der Waals surface area (Å²) in [5.74, 6) is -6.87. The topological polar surface area (TPSA) is 274 Å². The van der Waals surface area contributed by atoms with Crippen LogP contribution in [0, 0.1) is 5.92 Å². The number of carbonyl (C=O) groups is 7. The van der Waals surface area contributed by atoms with E-state index in [2.05, 4.69) is 16.0 Å². The quantitative estimate of drug-likeness (QED) is 0.0932. The predicted molar refractivity (Wildman–Crippen MR) is 125 cm³/mol. The fraction of sp³-hybridized carbons (Fsp3) is 0.667. The van der Waals surface area contributed by atoms with Crippen molar-refractivity contribution in [3.63, 3.8) is 0 Å². The van der Waals surface area contributed by atoms with E-state index in [0.717, 1.165) is 0 Å². The Hall–Kier alpha value is -3.75. The molecular formula is C21H36N6O9. The maximum Gasteiger partial charge on any atom is 0.326 e. The SMILES string of the molecule is CC(C)CC(N)C(=O)NC(CCC(N)=O)C(=O)NC(CCC(N)=O)C(=O)NC(CCC(=O)O)C(=O)O. The van der Waals surface area contributed by atoms with Crippen LogP contribution in [0.1, 0.15) is 58.8 Å². The van der Waals surface area contributed by atoms with Crippen LogP contribution in [0.15, 0.2) is 0 Å². The largest absolute Gasteiger partial charge is 0.481 e. The van der Waals surface area contributed by atoms with Crippen molar-refractivity contribution in [3.05, 3.63) is 0 Å². The Morgan fingerprint density at radius 2 is 1.06 bits per heavy atom. The summed E-state index contributed by atoms with van der Waals surface area (Å²) in [4.78, 5) is 82.7. The summed E-state index contributed by atoms with van der Waals surface area (Å²) < 4.78 is 0. The molecule has 0 saturated carbocycles. The summed E-state index contributed by atoms with van der Waals surface area (Å²) in [5.41, 5.74) is 16.1. The predicted octanol–water partition coefficient (Wildman–Crippen LogP) is -2.71. The Morgan fingerprint density at radius 1 is 0.667 bits per heavy atom. The number of rotatable bonds is 18. The second-order valence-electron chi connectivity index (χ2n) is 8.70. The molecule has 0 aromatic carbocycles. The standard InChI is InChI=1S/C21H36N6O9/c1-10(2)9-11(22)18(32)25-12(3-6-15(23)28)19(33)26-13(4-7-16(24)29)20(34)27-14(21(35)36)5-8-17(30)31/h10-14H,3-9,22H2,1-2H3,(H2,23,28)(H2,24,29)(H,25,32)(H,26,33)(H,27,34)(H,30,31)(H,35,36). The van der Waals surface area contributed by atoms with Gasteiger partial charge in [0.15, 0.2) is 0 Å². The third-order valence-corrected chi connectivity index (χ3v) is 4.95. The molecule has 15 heteroatoms. The average Bonchev–Trinajstić information content (AvgIpc) is 2.75.